The fourth-order valence-electron chi connectivity index (χ4n) is 3.87. The molecule has 0 atom stereocenters. The van der Waals surface area contributed by atoms with E-state index in [1.54, 1.807) is 11.0 Å². The molecule has 162 valence electrons. The first-order valence-corrected chi connectivity index (χ1v) is 11.3. The van der Waals surface area contributed by atoms with Gasteiger partial charge in [0, 0.05) is 54.4 Å². The second kappa shape index (κ2) is 7.78. The van der Waals surface area contributed by atoms with Crippen molar-refractivity contribution in [3.05, 3.63) is 69.4 Å². The number of aromatic nitrogens is 1. The number of carbonyl (C=O) groups is 1. The number of amides is 1. The summed E-state index contributed by atoms with van der Waals surface area (Å²) in [6.07, 6.45) is 0. The van der Waals surface area contributed by atoms with Gasteiger partial charge >= 0.3 is 0 Å². The number of H-pyrrole nitrogens is 1. The molecule has 1 aliphatic rings. The van der Waals surface area contributed by atoms with E-state index < -0.39 is 20.6 Å². The Balaban J connectivity index is 1.52. The molecule has 1 aromatic heterocycles. The van der Waals surface area contributed by atoms with Crippen molar-refractivity contribution in [2.45, 2.75) is 18.7 Å². The van der Waals surface area contributed by atoms with E-state index in [0.717, 1.165) is 22.2 Å². The third-order valence-corrected chi connectivity index (χ3v) is 7.71. The van der Waals surface area contributed by atoms with E-state index in [0.29, 0.717) is 5.56 Å². The van der Waals surface area contributed by atoms with Crippen LogP contribution >= 0.6 is 0 Å². The van der Waals surface area contributed by atoms with Gasteiger partial charge in [-0.2, -0.15) is 4.31 Å². The average molecular weight is 442 g/mol. The molecule has 0 bridgehead atoms. The van der Waals surface area contributed by atoms with E-state index in [2.05, 4.69) is 4.98 Å². The van der Waals surface area contributed by atoms with Crippen LogP contribution in [0.5, 0.6) is 0 Å². The van der Waals surface area contributed by atoms with Gasteiger partial charge in [-0.3, -0.25) is 14.9 Å². The Morgan fingerprint density at radius 2 is 1.74 bits per heavy atom. The fourth-order valence-corrected chi connectivity index (χ4v) is 5.45. The maximum atomic E-state index is 13.0. The largest absolute Gasteiger partial charge is 0.358 e. The molecule has 2 heterocycles. The van der Waals surface area contributed by atoms with Gasteiger partial charge in [0.05, 0.1) is 4.92 Å². The first-order valence-electron chi connectivity index (χ1n) is 9.82. The normalized spacial score (nSPS) is 15.4. The molecule has 0 spiro atoms. The Morgan fingerprint density at radius 3 is 2.42 bits per heavy atom. The first-order chi connectivity index (χ1) is 14.7. The van der Waals surface area contributed by atoms with Crippen LogP contribution in [-0.4, -0.2) is 59.6 Å². The number of nitrogens with zero attached hydrogens (tertiary/aromatic N) is 3. The zero-order chi connectivity index (χ0) is 22.3. The molecular weight excluding hydrogens is 420 g/mol. The van der Waals surface area contributed by atoms with Crippen molar-refractivity contribution >= 4 is 32.5 Å². The van der Waals surface area contributed by atoms with Gasteiger partial charge < -0.3 is 9.88 Å². The predicted octanol–water partition coefficient (Wildman–Crippen LogP) is 2.84. The Kier molecular flexibility index (Phi) is 5.28. The quantitative estimate of drug-likeness (QED) is 0.493. The lowest BCUT2D eigenvalue weighted by molar-refractivity contribution is -0.387. The van der Waals surface area contributed by atoms with Crippen LogP contribution in [0.3, 0.4) is 0 Å². The van der Waals surface area contributed by atoms with Crippen molar-refractivity contribution in [1.29, 1.82) is 0 Å². The number of aryl methyl sites for hydroxylation is 2. The maximum absolute atomic E-state index is 13.0. The van der Waals surface area contributed by atoms with Gasteiger partial charge in [0.15, 0.2) is 4.90 Å². The van der Waals surface area contributed by atoms with Gasteiger partial charge in [-0.15, -0.1) is 0 Å². The molecule has 3 aromatic rings. The second-order valence-corrected chi connectivity index (χ2v) is 9.46. The van der Waals surface area contributed by atoms with Crippen LogP contribution < -0.4 is 0 Å². The highest BCUT2D eigenvalue weighted by Gasteiger charge is 2.34. The summed E-state index contributed by atoms with van der Waals surface area (Å²) in [5, 5.41) is 12.2. The highest BCUT2D eigenvalue weighted by Crippen LogP contribution is 2.27. The molecule has 0 radical (unpaired) electrons. The van der Waals surface area contributed by atoms with Crippen LogP contribution in [0.25, 0.3) is 10.9 Å². The fraction of sp³-hybridized carbons (Fsp3) is 0.286. The molecule has 2 aromatic carbocycles. The Bertz CT molecular complexity index is 1290. The number of aromatic amines is 1. The smallest absolute Gasteiger partial charge is 0.289 e. The molecule has 10 heteroatoms. The van der Waals surface area contributed by atoms with E-state index in [1.807, 2.05) is 26.0 Å². The predicted molar refractivity (Wildman–Crippen MR) is 116 cm³/mol. The molecule has 0 aliphatic carbocycles. The number of nitro benzene ring substituents is 1. The summed E-state index contributed by atoms with van der Waals surface area (Å²) in [5.41, 5.74) is 3.20. The van der Waals surface area contributed by atoms with Crippen molar-refractivity contribution in [3.8, 4) is 0 Å². The van der Waals surface area contributed by atoms with E-state index in [4.69, 9.17) is 0 Å². The number of nitrogens with one attached hydrogen (secondary N) is 1. The number of nitro groups is 1. The average Bonchev–Trinajstić information content (AvgIpc) is 3.06. The van der Waals surface area contributed by atoms with Crippen LogP contribution in [0, 0.1) is 24.0 Å². The molecular formula is C21H22N4O5S. The lowest BCUT2D eigenvalue weighted by Crippen LogP contribution is -2.50. The van der Waals surface area contributed by atoms with Crippen LogP contribution in [0.1, 0.15) is 21.6 Å². The number of rotatable bonds is 4. The van der Waals surface area contributed by atoms with Crippen molar-refractivity contribution < 1.29 is 18.1 Å². The number of sulfonamides is 1. The van der Waals surface area contributed by atoms with Gasteiger partial charge in [0.2, 0.25) is 10.0 Å². The molecule has 1 aliphatic heterocycles. The maximum Gasteiger partial charge on any atom is 0.289 e. The SMILES string of the molecule is Cc1[nH]c2ccc(C(=O)N3CCN(S(=O)(=O)c4ccccc4[N+](=O)[O-])CC3)cc2c1C. The standard InChI is InChI=1S/C21H22N4O5S/c1-14-15(2)22-18-8-7-16(13-17(14)18)21(26)23-9-11-24(12-10-23)31(29,30)20-6-4-3-5-19(20)25(27)28/h3-8,13,22H,9-12H2,1-2H3. The van der Waals surface area contributed by atoms with Gasteiger partial charge in [0.1, 0.15) is 0 Å². The first kappa shape index (κ1) is 21.0. The Labute approximate surface area is 179 Å². The highest BCUT2D eigenvalue weighted by atomic mass is 32.2. The molecule has 4 rings (SSSR count). The van der Waals surface area contributed by atoms with E-state index in [1.165, 1.54) is 28.6 Å². The monoisotopic (exact) mass is 442 g/mol. The number of para-hydroxylation sites is 1. The summed E-state index contributed by atoms with van der Waals surface area (Å²) >= 11 is 0. The lowest BCUT2D eigenvalue weighted by atomic mass is 10.1. The zero-order valence-electron chi connectivity index (χ0n) is 17.2. The Morgan fingerprint density at radius 1 is 1.06 bits per heavy atom. The van der Waals surface area contributed by atoms with Crippen LogP contribution in [0.15, 0.2) is 47.4 Å². The summed E-state index contributed by atoms with van der Waals surface area (Å²) in [7, 11) is -4.03. The minimum Gasteiger partial charge on any atom is -0.358 e. The number of carbonyl (C=O) groups excluding carboxylic acids is 1. The third-order valence-electron chi connectivity index (χ3n) is 5.76. The summed E-state index contributed by atoms with van der Waals surface area (Å²) < 4.78 is 27.1. The zero-order valence-corrected chi connectivity index (χ0v) is 18.0. The second-order valence-electron chi connectivity index (χ2n) is 7.56. The molecule has 1 fully saturated rings. The van der Waals surface area contributed by atoms with Crippen molar-refractivity contribution in [1.82, 2.24) is 14.2 Å². The summed E-state index contributed by atoms with van der Waals surface area (Å²) in [4.78, 5) is 28.1. The molecule has 1 saturated heterocycles. The molecule has 0 saturated carbocycles. The summed E-state index contributed by atoms with van der Waals surface area (Å²) in [6, 6.07) is 10.8. The van der Waals surface area contributed by atoms with Gasteiger partial charge in [-0.1, -0.05) is 12.1 Å². The molecule has 1 N–H and O–H groups in total. The third kappa shape index (κ3) is 3.68. The van der Waals surface area contributed by atoms with E-state index >= 15 is 0 Å². The van der Waals surface area contributed by atoms with Crippen LogP contribution in [0.4, 0.5) is 5.69 Å². The minimum atomic E-state index is -4.03. The van der Waals surface area contributed by atoms with Crippen molar-refractivity contribution in [2.24, 2.45) is 0 Å². The number of piperazine rings is 1. The van der Waals surface area contributed by atoms with E-state index in [-0.39, 0.29) is 37.0 Å². The van der Waals surface area contributed by atoms with Crippen molar-refractivity contribution in [2.75, 3.05) is 26.2 Å². The number of fused-ring (bicyclic) bond motifs is 1. The number of hydrogen-bond acceptors (Lipinski definition) is 5. The van der Waals surface area contributed by atoms with E-state index in [9.17, 15) is 23.3 Å². The van der Waals surface area contributed by atoms with Gasteiger partial charge in [-0.05, 0) is 43.7 Å². The molecule has 31 heavy (non-hydrogen) atoms. The van der Waals surface area contributed by atoms with Crippen LogP contribution in [-0.2, 0) is 10.0 Å². The molecule has 1 amide bonds. The number of benzene rings is 2. The van der Waals surface area contributed by atoms with Gasteiger partial charge in [0.25, 0.3) is 11.6 Å². The van der Waals surface area contributed by atoms with Crippen LogP contribution in [0.2, 0.25) is 0 Å². The van der Waals surface area contributed by atoms with Crippen molar-refractivity contribution in [3.63, 3.8) is 0 Å². The Hall–Kier alpha value is -3.24. The van der Waals surface area contributed by atoms with Gasteiger partial charge in [-0.25, -0.2) is 8.42 Å². The minimum absolute atomic E-state index is 0.0741. The lowest BCUT2D eigenvalue weighted by Gasteiger charge is -2.34. The summed E-state index contributed by atoms with van der Waals surface area (Å²) in [6.45, 7) is 4.54. The highest BCUT2D eigenvalue weighted by molar-refractivity contribution is 7.89. The summed E-state index contributed by atoms with van der Waals surface area (Å²) in [5.74, 6) is -0.164. The molecule has 9 nitrogen and oxygen atoms in total. The molecule has 0 unspecified atom stereocenters. The topological polar surface area (TPSA) is 117 Å². The number of hydrogen-bond donors (Lipinski definition) is 1.